The lowest BCUT2D eigenvalue weighted by Gasteiger charge is -2.41. The van der Waals surface area contributed by atoms with E-state index in [4.69, 9.17) is 9.47 Å². The molecule has 1 N–H and O–H groups in total. The minimum atomic E-state index is -3.70. The van der Waals surface area contributed by atoms with E-state index in [9.17, 15) is 17.9 Å². The maximum atomic E-state index is 14.4. The predicted molar refractivity (Wildman–Crippen MR) is 169 cm³/mol. The first-order valence-corrected chi connectivity index (χ1v) is 17.2. The number of hydrogen-bond donors (Lipinski definition) is 1. The second-order valence-corrected chi connectivity index (χ2v) is 14.9. The summed E-state index contributed by atoms with van der Waals surface area (Å²) in [5.41, 5.74) is 4.10. The number of nitrogens with zero attached hydrogens (tertiary/aromatic N) is 1. The number of halogens is 1. The molecule has 0 bridgehead atoms. The van der Waals surface area contributed by atoms with E-state index in [1.807, 2.05) is 19.9 Å². The first kappa shape index (κ1) is 31.9. The van der Waals surface area contributed by atoms with Crippen molar-refractivity contribution < 1.29 is 27.4 Å². The quantitative estimate of drug-likeness (QED) is 0.325. The zero-order valence-corrected chi connectivity index (χ0v) is 26.7. The molecule has 3 unspecified atom stereocenters. The van der Waals surface area contributed by atoms with Gasteiger partial charge in [0.05, 0.1) is 41.8 Å². The van der Waals surface area contributed by atoms with Crippen LogP contribution in [0.5, 0.6) is 0 Å². The summed E-state index contributed by atoms with van der Waals surface area (Å²) in [6, 6.07) is 8.33. The fourth-order valence-electron chi connectivity index (χ4n) is 7.04. The molecule has 0 saturated heterocycles. The standard InChI is InChI=1S/C35H46FNO5S/c1-23-10-12-30(19-34(23)42-15-14-41-4)37-21-28(26-8-6-5-7-9-26)17-25(3)43(39,40)35-20-31(24(2)16-33(35)37)27-11-13-32(36)29(18-27)22-38/h10-13,16,18-20,23,25-26,28,34,38H,5-9,14-15,17,21-22H2,1-4H3/t23?,25?,28-,34?/m0/s1. The van der Waals surface area contributed by atoms with Crippen molar-refractivity contribution in [2.24, 2.45) is 17.8 Å². The molecular weight excluding hydrogens is 565 g/mol. The monoisotopic (exact) mass is 611 g/mol. The molecule has 1 saturated carbocycles. The number of anilines is 1. The van der Waals surface area contributed by atoms with Crippen LogP contribution in [0.15, 0.2) is 59.2 Å². The lowest BCUT2D eigenvalue weighted by atomic mass is 9.77. The molecule has 8 heteroatoms. The molecule has 0 radical (unpaired) electrons. The van der Waals surface area contributed by atoms with Crippen molar-refractivity contribution in [3.63, 3.8) is 0 Å². The van der Waals surface area contributed by atoms with E-state index >= 15 is 0 Å². The molecule has 5 rings (SSSR count). The van der Waals surface area contributed by atoms with Crippen LogP contribution in [-0.2, 0) is 25.9 Å². The van der Waals surface area contributed by atoms with Gasteiger partial charge in [-0.15, -0.1) is 0 Å². The Morgan fingerprint density at radius 2 is 1.81 bits per heavy atom. The van der Waals surface area contributed by atoms with Crippen LogP contribution in [0.4, 0.5) is 10.1 Å². The van der Waals surface area contributed by atoms with Crippen molar-refractivity contribution in [3.05, 3.63) is 71.2 Å². The second-order valence-electron chi connectivity index (χ2n) is 12.6. The van der Waals surface area contributed by atoms with E-state index in [1.165, 1.54) is 25.3 Å². The summed E-state index contributed by atoms with van der Waals surface area (Å²) in [4.78, 5) is 2.51. The number of allylic oxidation sites excluding steroid dienone is 1. The van der Waals surface area contributed by atoms with Gasteiger partial charge in [0.1, 0.15) is 5.82 Å². The van der Waals surface area contributed by atoms with Gasteiger partial charge in [-0.05, 0) is 85.2 Å². The summed E-state index contributed by atoms with van der Waals surface area (Å²) in [6.07, 6.45) is 12.8. The van der Waals surface area contributed by atoms with Gasteiger partial charge in [-0.2, -0.15) is 0 Å². The van der Waals surface area contributed by atoms with Gasteiger partial charge < -0.3 is 19.5 Å². The number of aliphatic hydroxyl groups excluding tert-OH is 1. The van der Waals surface area contributed by atoms with E-state index in [0.717, 1.165) is 36.2 Å². The molecule has 1 aliphatic heterocycles. The van der Waals surface area contributed by atoms with Crippen molar-refractivity contribution in [1.29, 1.82) is 0 Å². The SMILES string of the molecule is COCCOC1C=C(N2C[C@@H](C3CCCCC3)CC(C)S(=O)(=O)c3cc(-c4ccc(F)c(CO)c4)c(C)cc32)C=CC1C. The summed E-state index contributed by atoms with van der Waals surface area (Å²) in [7, 11) is -2.04. The maximum absolute atomic E-state index is 14.4. The molecule has 3 aliphatic rings. The molecule has 1 heterocycles. The van der Waals surface area contributed by atoms with Gasteiger partial charge >= 0.3 is 0 Å². The van der Waals surface area contributed by atoms with Gasteiger partial charge in [-0.25, -0.2) is 12.8 Å². The Labute approximate surface area is 256 Å². The molecule has 6 nitrogen and oxygen atoms in total. The molecule has 0 amide bonds. The Balaban J connectivity index is 1.66. The lowest BCUT2D eigenvalue weighted by Crippen LogP contribution is -2.40. The molecule has 4 atom stereocenters. The third-order valence-electron chi connectivity index (χ3n) is 9.66. The number of methoxy groups -OCH3 is 1. The van der Waals surface area contributed by atoms with Crippen LogP contribution in [0.1, 0.15) is 63.5 Å². The van der Waals surface area contributed by atoms with Crippen molar-refractivity contribution in [1.82, 2.24) is 0 Å². The number of ether oxygens (including phenoxy) is 2. The number of sulfone groups is 1. The van der Waals surface area contributed by atoms with Gasteiger partial charge in [0, 0.05) is 30.8 Å². The number of hydrogen-bond acceptors (Lipinski definition) is 6. The molecule has 0 aromatic heterocycles. The van der Waals surface area contributed by atoms with E-state index in [-0.39, 0.29) is 23.5 Å². The van der Waals surface area contributed by atoms with Crippen molar-refractivity contribution in [3.8, 4) is 11.1 Å². The zero-order valence-electron chi connectivity index (χ0n) is 25.9. The largest absolute Gasteiger partial charge is 0.392 e. The van der Waals surface area contributed by atoms with Gasteiger partial charge in [0.15, 0.2) is 9.84 Å². The van der Waals surface area contributed by atoms with Crippen molar-refractivity contribution >= 4 is 15.5 Å². The molecule has 2 aromatic carbocycles. The molecule has 1 fully saturated rings. The molecular formula is C35H46FNO5S. The zero-order chi connectivity index (χ0) is 30.7. The highest BCUT2D eigenvalue weighted by Gasteiger charge is 2.38. The smallest absolute Gasteiger partial charge is 0.183 e. The highest BCUT2D eigenvalue weighted by molar-refractivity contribution is 7.92. The second kappa shape index (κ2) is 13.6. The van der Waals surface area contributed by atoms with E-state index < -0.39 is 27.5 Å². The van der Waals surface area contributed by atoms with Crippen LogP contribution in [0.3, 0.4) is 0 Å². The van der Waals surface area contributed by atoms with Crippen molar-refractivity contribution in [2.75, 3.05) is 31.8 Å². The third kappa shape index (κ3) is 6.77. The summed E-state index contributed by atoms with van der Waals surface area (Å²) in [5.74, 6) is 0.427. The average molecular weight is 612 g/mol. The first-order chi connectivity index (χ1) is 20.6. The summed E-state index contributed by atoms with van der Waals surface area (Å²) in [6.45, 7) is 7.23. The number of benzene rings is 2. The first-order valence-electron chi connectivity index (χ1n) is 15.7. The normalized spacial score (nSPS) is 26.0. The number of aryl methyl sites for hydroxylation is 1. The topological polar surface area (TPSA) is 76.1 Å². The van der Waals surface area contributed by atoms with Gasteiger partial charge in [-0.3, -0.25) is 0 Å². The predicted octanol–water partition coefficient (Wildman–Crippen LogP) is 6.98. The number of rotatable bonds is 8. The van der Waals surface area contributed by atoms with Crippen LogP contribution < -0.4 is 4.90 Å². The average Bonchev–Trinajstić information content (AvgIpc) is 3.00. The van der Waals surface area contributed by atoms with Crippen LogP contribution in [0, 0.1) is 30.5 Å². The summed E-state index contributed by atoms with van der Waals surface area (Å²) in [5, 5.41) is 9.15. The van der Waals surface area contributed by atoms with E-state index in [2.05, 4.69) is 30.1 Å². The maximum Gasteiger partial charge on any atom is 0.183 e. The van der Waals surface area contributed by atoms with Gasteiger partial charge in [0.25, 0.3) is 0 Å². The fourth-order valence-corrected chi connectivity index (χ4v) is 8.71. The summed E-state index contributed by atoms with van der Waals surface area (Å²) < 4.78 is 54.4. The third-order valence-corrected chi connectivity index (χ3v) is 11.9. The minimum Gasteiger partial charge on any atom is -0.392 e. The molecule has 234 valence electrons. The fraction of sp³-hybridized carbons (Fsp3) is 0.543. The Morgan fingerprint density at radius 1 is 1.05 bits per heavy atom. The molecule has 43 heavy (non-hydrogen) atoms. The highest BCUT2D eigenvalue weighted by Crippen LogP contribution is 2.44. The van der Waals surface area contributed by atoms with Crippen molar-refractivity contribution in [2.45, 2.75) is 82.2 Å². The Bertz CT molecular complexity index is 1460. The minimum absolute atomic E-state index is 0.149. The lowest BCUT2D eigenvalue weighted by molar-refractivity contribution is 0.0235. The van der Waals surface area contributed by atoms with Crippen LogP contribution in [0.25, 0.3) is 11.1 Å². The summed E-state index contributed by atoms with van der Waals surface area (Å²) >= 11 is 0. The molecule has 0 spiro atoms. The van der Waals surface area contributed by atoms with Gasteiger partial charge in [0.2, 0.25) is 0 Å². The Kier molecular flexibility index (Phi) is 10.1. The van der Waals surface area contributed by atoms with E-state index in [1.54, 1.807) is 25.3 Å². The Morgan fingerprint density at radius 3 is 2.53 bits per heavy atom. The van der Waals surface area contributed by atoms with Crippen LogP contribution in [0.2, 0.25) is 0 Å². The number of aliphatic hydroxyl groups is 1. The van der Waals surface area contributed by atoms with E-state index in [0.29, 0.717) is 41.7 Å². The van der Waals surface area contributed by atoms with Crippen LogP contribution in [-0.4, -0.2) is 51.7 Å². The molecule has 2 aliphatic carbocycles. The molecule has 2 aromatic rings. The number of fused-ring (bicyclic) bond motifs is 1. The van der Waals surface area contributed by atoms with Gasteiger partial charge in [-0.1, -0.05) is 51.2 Å². The van der Waals surface area contributed by atoms with Crippen LogP contribution >= 0.6 is 0 Å². The Hall–Kier alpha value is -2.52. The highest BCUT2D eigenvalue weighted by atomic mass is 32.2.